The van der Waals surface area contributed by atoms with Crippen LogP contribution in [0.4, 0.5) is 0 Å². The van der Waals surface area contributed by atoms with Crippen molar-refractivity contribution in [2.45, 2.75) is 13.3 Å². The topological polar surface area (TPSA) is 12.5 Å². The minimum absolute atomic E-state index is 0.721. The smallest absolute Gasteiger partial charge is 0.120 e. The van der Waals surface area contributed by atoms with E-state index in [1.165, 1.54) is 0 Å². The predicted octanol–water partition coefficient (Wildman–Crippen LogP) is 3.06. The molecule has 0 radical (unpaired) electrons. The molecule has 1 aromatic carbocycles. The molecule has 84 valence electrons. The molecule has 0 aliphatic heterocycles. The van der Waals surface area contributed by atoms with Crippen molar-refractivity contribution in [3.63, 3.8) is 0 Å². The van der Waals surface area contributed by atoms with Gasteiger partial charge in [-0.05, 0) is 38.2 Å². The molecule has 0 fully saturated rings. The Bertz CT molecular complexity index is 291. The molecule has 0 saturated carbocycles. The van der Waals surface area contributed by atoms with Gasteiger partial charge in [0.15, 0.2) is 0 Å². The fourth-order valence-electron chi connectivity index (χ4n) is 1.24. The summed E-state index contributed by atoms with van der Waals surface area (Å²) < 4.78 is 5.57. The van der Waals surface area contributed by atoms with Gasteiger partial charge >= 0.3 is 0 Å². The van der Waals surface area contributed by atoms with E-state index in [1.807, 2.05) is 24.3 Å². The van der Waals surface area contributed by atoms with Gasteiger partial charge in [0.05, 0.1) is 6.61 Å². The maximum atomic E-state index is 5.84. The third-order valence-electron chi connectivity index (χ3n) is 2.29. The molecule has 0 heterocycles. The zero-order chi connectivity index (χ0) is 11.1. The Balaban J connectivity index is 2.20. The Labute approximate surface area is 96.8 Å². The Hall–Kier alpha value is -0.730. The van der Waals surface area contributed by atoms with Gasteiger partial charge in [-0.3, -0.25) is 0 Å². The quantitative estimate of drug-likeness (QED) is 0.693. The van der Waals surface area contributed by atoms with Crippen LogP contribution >= 0.6 is 11.6 Å². The molecule has 0 spiro atoms. The summed E-state index contributed by atoms with van der Waals surface area (Å²) in [7, 11) is 2.11. The molecule has 0 bridgehead atoms. The number of rotatable bonds is 6. The average molecular weight is 228 g/mol. The lowest BCUT2D eigenvalue weighted by Gasteiger charge is -2.13. The third-order valence-corrected chi connectivity index (χ3v) is 2.52. The molecule has 15 heavy (non-hydrogen) atoms. The van der Waals surface area contributed by atoms with Gasteiger partial charge in [0.2, 0.25) is 0 Å². The third kappa shape index (κ3) is 5.05. The minimum Gasteiger partial charge on any atom is -0.493 e. The van der Waals surface area contributed by atoms with Gasteiger partial charge in [-0.25, -0.2) is 0 Å². The van der Waals surface area contributed by atoms with Crippen molar-refractivity contribution in [3.05, 3.63) is 29.3 Å². The first-order valence-electron chi connectivity index (χ1n) is 5.29. The monoisotopic (exact) mass is 227 g/mol. The van der Waals surface area contributed by atoms with Crippen molar-refractivity contribution in [2.75, 3.05) is 26.7 Å². The fraction of sp³-hybridized carbons (Fsp3) is 0.500. The molecular weight excluding hydrogens is 210 g/mol. The van der Waals surface area contributed by atoms with E-state index in [4.69, 9.17) is 16.3 Å². The number of nitrogens with zero attached hydrogens (tertiary/aromatic N) is 1. The van der Waals surface area contributed by atoms with Crippen LogP contribution in [0.2, 0.25) is 5.02 Å². The van der Waals surface area contributed by atoms with E-state index in [0.29, 0.717) is 0 Å². The van der Waals surface area contributed by atoms with Gasteiger partial charge in [0.25, 0.3) is 0 Å². The largest absolute Gasteiger partial charge is 0.493 e. The van der Waals surface area contributed by atoms with Crippen LogP contribution < -0.4 is 4.74 Å². The summed E-state index contributed by atoms with van der Waals surface area (Å²) >= 11 is 5.84. The molecule has 2 nitrogen and oxygen atoms in total. The Morgan fingerprint density at radius 2 is 2.20 bits per heavy atom. The summed E-state index contributed by atoms with van der Waals surface area (Å²) in [6.07, 6.45) is 1.04. The lowest BCUT2D eigenvalue weighted by Crippen LogP contribution is -2.20. The summed E-state index contributed by atoms with van der Waals surface area (Å²) in [5.74, 6) is 0.849. The van der Waals surface area contributed by atoms with Crippen molar-refractivity contribution in [1.29, 1.82) is 0 Å². The van der Waals surface area contributed by atoms with Gasteiger partial charge in [0, 0.05) is 11.6 Å². The van der Waals surface area contributed by atoms with E-state index in [0.717, 1.165) is 36.9 Å². The molecule has 0 unspecified atom stereocenters. The second-order valence-corrected chi connectivity index (χ2v) is 3.99. The van der Waals surface area contributed by atoms with E-state index in [2.05, 4.69) is 18.9 Å². The minimum atomic E-state index is 0.721. The van der Waals surface area contributed by atoms with Gasteiger partial charge in [-0.2, -0.15) is 0 Å². The number of ether oxygens (including phenoxy) is 1. The van der Waals surface area contributed by atoms with E-state index in [9.17, 15) is 0 Å². The summed E-state index contributed by atoms with van der Waals surface area (Å²) in [5.41, 5.74) is 0. The molecule has 0 amide bonds. The normalized spacial score (nSPS) is 10.7. The van der Waals surface area contributed by atoms with Crippen LogP contribution in [0.3, 0.4) is 0 Å². The summed E-state index contributed by atoms with van der Waals surface area (Å²) in [6, 6.07) is 7.51. The Morgan fingerprint density at radius 1 is 1.40 bits per heavy atom. The first-order chi connectivity index (χ1) is 7.22. The van der Waals surface area contributed by atoms with Crippen molar-refractivity contribution < 1.29 is 4.74 Å². The van der Waals surface area contributed by atoms with Crippen LogP contribution in [0.1, 0.15) is 13.3 Å². The van der Waals surface area contributed by atoms with E-state index in [-0.39, 0.29) is 0 Å². The van der Waals surface area contributed by atoms with Crippen molar-refractivity contribution in [2.24, 2.45) is 0 Å². The molecule has 0 saturated heterocycles. The molecular formula is C12H18ClNO. The lowest BCUT2D eigenvalue weighted by atomic mass is 10.3. The van der Waals surface area contributed by atoms with Crippen LogP contribution in [0, 0.1) is 0 Å². The zero-order valence-electron chi connectivity index (χ0n) is 9.37. The zero-order valence-corrected chi connectivity index (χ0v) is 10.1. The van der Waals surface area contributed by atoms with Crippen molar-refractivity contribution >= 4 is 11.6 Å². The highest BCUT2D eigenvalue weighted by Gasteiger charge is 1.96. The highest BCUT2D eigenvalue weighted by Crippen LogP contribution is 2.17. The van der Waals surface area contributed by atoms with Crippen molar-refractivity contribution in [3.8, 4) is 5.75 Å². The second kappa shape index (κ2) is 6.70. The first-order valence-corrected chi connectivity index (χ1v) is 5.67. The Kier molecular flexibility index (Phi) is 5.51. The standard InChI is InChI=1S/C12H18ClNO/c1-3-14(2)8-5-9-15-12-7-4-6-11(13)10-12/h4,6-7,10H,3,5,8-9H2,1-2H3. The molecule has 3 heteroatoms. The highest BCUT2D eigenvalue weighted by atomic mass is 35.5. The predicted molar refractivity (Wildman–Crippen MR) is 64.7 cm³/mol. The van der Waals surface area contributed by atoms with Crippen LogP contribution in [-0.2, 0) is 0 Å². The Morgan fingerprint density at radius 3 is 2.87 bits per heavy atom. The fourth-order valence-corrected chi connectivity index (χ4v) is 1.42. The number of benzene rings is 1. The summed E-state index contributed by atoms with van der Waals surface area (Å²) in [6.45, 7) is 5.04. The SMILES string of the molecule is CCN(C)CCCOc1cccc(Cl)c1. The summed E-state index contributed by atoms with van der Waals surface area (Å²) in [4.78, 5) is 2.27. The second-order valence-electron chi connectivity index (χ2n) is 3.56. The van der Waals surface area contributed by atoms with Crippen molar-refractivity contribution in [1.82, 2.24) is 4.90 Å². The molecule has 0 aromatic heterocycles. The maximum absolute atomic E-state index is 5.84. The highest BCUT2D eigenvalue weighted by molar-refractivity contribution is 6.30. The van der Waals surface area contributed by atoms with E-state index >= 15 is 0 Å². The number of halogens is 1. The van der Waals surface area contributed by atoms with Crippen LogP contribution in [0.5, 0.6) is 5.75 Å². The maximum Gasteiger partial charge on any atom is 0.120 e. The van der Waals surface area contributed by atoms with Crippen LogP contribution in [-0.4, -0.2) is 31.6 Å². The van der Waals surface area contributed by atoms with Gasteiger partial charge < -0.3 is 9.64 Å². The van der Waals surface area contributed by atoms with Gasteiger partial charge in [0.1, 0.15) is 5.75 Å². The average Bonchev–Trinajstić information content (AvgIpc) is 2.24. The lowest BCUT2D eigenvalue weighted by molar-refractivity contribution is 0.268. The number of hydrogen-bond acceptors (Lipinski definition) is 2. The van der Waals surface area contributed by atoms with Crippen LogP contribution in [0.15, 0.2) is 24.3 Å². The van der Waals surface area contributed by atoms with Gasteiger partial charge in [-0.15, -0.1) is 0 Å². The molecule has 1 aromatic rings. The molecule has 0 aliphatic rings. The van der Waals surface area contributed by atoms with Crippen LogP contribution in [0.25, 0.3) is 0 Å². The van der Waals surface area contributed by atoms with E-state index in [1.54, 1.807) is 0 Å². The molecule has 0 aliphatic carbocycles. The molecule has 0 atom stereocenters. The van der Waals surface area contributed by atoms with Gasteiger partial charge in [-0.1, -0.05) is 24.6 Å². The van der Waals surface area contributed by atoms with E-state index < -0.39 is 0 Å². The first kappa shape index (κ1) is 12.3. The molecule has 0 N–H and O–H groups in total. The number of hydrogen-bond donors (Lipinski definition) is 0. The molecule has 1 rings (SSSR count). The summed E-state index contributed by atoms with van der Waals surface area (Å²) in [5, 5.41) is 0.721.